The van der Waals surface area contributed by atoms with E-state index in [0.717, 1.165) is 5.56 Å². The van der Waals surface area contributed by atoms with E-state index in [1.165, 1.54) is 43.9 Å². The average Bonchev–Trinajstić information content (AvgIpc) is 2.53. The molecule has 1 aliphatic rings. The van der Waals surface area contributed by atoms with Gasteiger partial charge in [0.2, 0.25) is 0 Å². The Morgan fingerprint density at radius 3 is 2.57 bits per heavy atom. The molecule has 0 amide bonds. The van der Waals surface area contributed by atoms with Crippen LogP contribution in [0, 0.1) is 0 Å². The SMILES string of the molecule is O=c1cnc(Cl)cn1Cc1ccc(C2CCCCC2)cc1. The fourth-order valence-electron chi connectivity index (χ4n) is 3.07. The summed E-state index contributed by atoms with van der Waals surface area (Å²) in [6.45, 7) is 0.534. The Morgan fingerprint density at radius 2 is 1.86 bits per heavy atom. The van der Waals surface area contributed by atoms with Gasteiger partial charge in [-0.25, -0.2) is 4.98 Å². The quantitative estimate of drug-likeness (QED) is 0.859. The maximum atomic E-state index is 11.7. The minimum absolute atomic E-state index is 0.129. The van der Waals surface area contributed by atoms with Gasteiger partial charge in [0.1, 0.15) is 5.15 Å². The molecule has 3 rings (SSSR count). The maximum absolute atomic E-state index is 11.7. The molecule has 0 spiro atoms. The summed E-state index contributed by atoms with van der Waals surface area (Å²) in [5, 5.41) is 0.341. The van der Waals surface area contributed by atoms with Gasteiger partial charge in [-0.2, -0.15) is 0 Å². The van der Waals surface area contributed by atoms with E-state index in [-0.39, 0.29) is 5.56 Å². The Balaban J connectivity index is 1.75. The lowest BCUT2D eigenvalue weighted by Gasteiger charge is -2.22. The monoisotopic (exact) mass is 302 g/mol. The fourth-order valence-corrected chi connectivity index (χ4v) is 3.23. The zero-order valence-electron chi connectivity index (χ0n) is 12.0. The van der Waals surface area contributed by atoms with Crippen molar-refractivity contribution in [2.45, 2.75) is 44.6 Å². The van der Waals surface area contributed by atoms with Crippen molar-refractivity contribution in [1.82, 2.24) is 9.55 Å². The number of rotatable bonds is 3. The smallest absolute Gasteiger partial charge is 0.269 e. The highest BCUT2D eigenvalue weighted by molar-refractivity contribution is 6.29. The van der Waals surface area contributed by atoms with Crippen LogP contribution >= 0.6 is 11.6 Å². The zero-order chi connectivity index (χ0) is 14.7. The van der Waals surface area contributed by atoms with E-state index in [4.69, 9.17) is 11.6 Å². The van der Waals surface area contributed by atoms with Gasteiger partial charge in [-0.05, 0) is 29.9 Å². The Labute approximate surface area is 129 Å². The van der Waals surface area contributed by atoms with Crippen molar-refractivity contribution in [3.8, 4) is 0 Å². The third kappa shape index (κ3) is 3.53. The van der Waals surface area contributed by atoms with Crippen LogP contribution in [0.25, 0.3) is 0 Å². The summed E-state index contributed by atoms with van der Waals surface area (Å²) >= 11 is 5.84. The summed E-state index contributed by atoms with van der Waals surface area (Å²) < 4.78 is 1.59. The van der Waals surface area contributed by atoms with Crippen molar-refractivity contribution in [3.63, 3.8) is 0 Å². The maximum Gasteiger partial charge on any atom is 0.269 e. The Hall–Kier alpha value is -1.61. The van der Waals surface area contributed by atoms with Crippen LogP contribution in [0.4, 0.5) is 0 Å². The summed E-state index contributed by atoms with van der Waals surface area (Å²) in [7, 11) is 0. The third-order valence-electron chi connectivity index (χ3n) is 4.25. The average molecular weight is 303 g/mol. The second-order valence-electron chi connectivity index (χ2n) is 5.75. The van der Waals surface area contributed by atoms with Gasteiger partial charge in [-0.3, -0.25) is 4.79 Å². The molecule has 0 aliphatic heterocycles. The van der Waals surface area contributed by atoms with Gasteiger partial charge in [-0.15, -0.1) is 0 Å². The van der Waals surface area contributed by atoms with Crippen molar-refractivity contribution < 1.29 is 0 Å². The minimum atomic E-state index is -0.129. The van der Waals surface area contributed by atoms with Crippen LogP contribution in [0.1, 0.15) is 49.1 Å². The summed E-state index contributed by atoms with van der Waals surface area (Å²) in [6, 6.07) is 8.65. The van der Waals surface area contributed by atoms with Gasteiger partial charge in [-0.1, -0.05) is 55.1 Å². The first kappa shape index (κ1) is 14.3. The molecule has 0 N–H and O–H groups in total. The van der Waals surface area contributed by atoms with Crippen molar-refractivity contribution in [3.05, 3.63) is 63.3 Å². The molecule has 1 fully saturated rings. The lowest BCUT2D eigenvalue weighted by atomic mass is 9.84. The van der Waals surface area contributed by atoms with Gasteiger partial charge < -0.3 is 4.57 Å². The number of benzene rings is 1. The first-order chi connectivity index (χ1) is 10.2. The van der Waals surface area contributed by atoms with Crippen LogP contribution in [-0.4, -0.2) is 9.55 Å². The van der Waals surface area contributed by atoms with E-state index in [0.29, 0.717) is 17.6 Å². The molecule has 3 nitrogen and oxygen atoms in total. The number of hydrogen-bond acceptors (Lipinski definition) is 2. The molecule has 0 atom stereocenters. The van der Waals surface area contributed by atoms with Crippen LogP contribution in [-0.2, 0) is 6.54 Å². The highest BCUT2D eigenvalue weighted by Gasteiger charge is 2.15. The normalized spacial score (nSPS) is 16.0. The number of hydrogen-bond donors (Lipinski definition) is 0. The van der Waals surface area contributed by atoms with E-state index < -0.39 is 0 Å². The van der Waals surface area contributed by atoms with E-state index in [2.05, 4.69) is 29.2 Å². The molecule has 0 unspecified atom stereocenters. The first-order valence-electron chi connectivity index (χ1n) is 7.53. The third-order valence-corrected chi connectivity index (χ3v) is 4.45. The molecule has 1 heterocycles. The molecule has 1 saturated carbocycles. The summed E-state index contributed by atoms with van der Waals surface area (Å²) in [4.78, 5) is 15.5. The van der Waals surface area contributed by atoms with Gasteiger partial charge in [0, 0.05) is 6.20 Å². The van der Waals surface area contributed by atoms with Crippen molar-refractivity contribution in [2.75, 3.05) is 0 Å². The second-order valence-corrected chi connectivity index (χ2v) is 6.14. The van der Waals surface area contributed by atoms with E-state index >= 15 is 0 Å². The zero-order valence-corrected chi connectivity index (χ0v) is 12.7. The predicted molar refractivity (Wildman–Crippen MR) is 84.9 cm³/mol. The predicted octanol–water partition coefficient (Wildman–Crippen LogP) is 3.99. The molecule has 110 valence electrons. The Bertz CT molecular complexity index is 657. The van der Waals surface area contributed by atoms with Crippen LogP contribution in [0.3, 0.4) is 0 Å². The molecule has 0 radical (unpaired) electrons. The molecular weight excluding hydrogens is 284 g/mol. The lowest BCUT2D eigenvalue weighted by Crippen LogP contribution is -2.19. The van der Waals surface area contributed by atoms with Crippen molar-refractivity contribution in [2.24, 2.45) is 0 Å². The summed E-state index contributed by atoms with van der Waals surface area (Å²) in [5.41, 5.74) is 2.41. The van der Waals surface area contributed by atoms with Gasteiger partial charge in [0.15, 0.2) is 0 Å². The molecular formula is C17H19ClN2O. The molecule has 1 aliphatic carbocycles. The molecule has 1 aromatic heterocycles. The highest BCUT2D eigenvalue weighted by atomic mass is 35.5. The molecule has 2 aromatic rings. The molecule has 1 aromatic carbocycles. The fraction of sp³-hybridized carbons (Fsp3) is 0.412. The highest BCUT2D eigenvalue weighted by Crippen LogP contribution is 2.32. The standard InChI is InChI=1S/C17H19ClN2O/c18-16-12-20(17(21)10-19-16)11-13-6-8-15(9-7-13)14-4-2-1-3-5-14/h6-10,12,14H,1-5,11H2. The van der Waals surface area contributed by atoms with E-state index in [1.807, 2.05) is 0 Å². The van der Waals surface area contributed by atoms with Gasteiger partial charge in [0.05, 0.1) is 12.7 Å². The largest absolute Gasteiger partial charge is 0.307 e. The van der Waals surface area contributed by atoms with E-state index in [9.17, 15) is 4.79 Å². The molecule has 0 bridgehead atoms. The Morgan fingerprint density at radius 1 is 1.14 bits per heavy atom. The van der Waals surface area contributed by atoms with Crippen LogP contribution in [0.5, 0.6) is 0 Å². The van der Waals surface area contributed by atoms with Crippen LogP contribution in [0.15, 0.2) is 41.5 Å². The second kappa shape index (κ2) is 6.44. The summed E-state index contributed by atoms with van der Waals surface area (Å²) in [6.07, 6.45) is 9.52. The van der Waals surface area contributed by atoms with Crippen molar-refractivity contribution >= 4 is 11.6 Å². The van der Waals surface area contributed by atoms with E-state index in [1.54, 1.807) is 10.8 Å². The molecule has 21 heavy (non-hydrogen) atoms. The van der Waals surface area contributed by atoms with Crippen LogP contribution < -0.4 is 5.56 Å². The van der Waals surface area contributed by atoms with Crippen LogP contribution in [0.2, 0.25) is 5.15 Å². The minimum Gasteiger partial charge on any atom is -0.307 e. The molecule has 0 saturated heterocycles. The van der Waals surface area contributed by atoms with Gasteiger partial charge in [0.25, 0.3) is 5.56 Å². The lowest BCUT2D eigenvalue weighted by molar-refractivity contribution is 0.443. The van der Waals surface area contributed by atoms with Gasteiger partial charge >= 0.3 is 0 Å². The van der Waals surface area contributed by atoms with Crippen molar-refractivity contribution in [1.29, 1.82) is 0 Å². The number of nitrogens with zero attached hydrogens (tertiary/aromatic N) is 2. The number of halogens is 1. The molecule has 4 heteroatoms. The topological polar surface area (TPSA) is 34.9 Å². The Kier molecular flexibility index (Phi) is 4.39. The first-order valence-corrected chi connectivity index (χ1v) is 7.91. The summed E-state index contributed by atoms with van der Waals surface area (Å²) in [5.74, 6) is 0.714. The number of aromatic nitrogens is 2.